The molecule has 0 saturated heterocycles. The van der Waals surface area contributed by atoms with Gasteiger partial charge in [0.25, 0.3) is 0 Å². The minimum absolute atomic E-state index is 0.297. The lowest BCUT2D eigenvalue weighted by molar-refractivity contribution is 0.0601. The van der Waals surface area contributed by atoms with Gasteiger partial charge in [-0.15, -0.1) is 0 Å². The topological polar surface area (TPSA) is 43.7 Å². The number of nitrogens with zero attached hydrogens (tertiary/aromatic N) is 2. The van der Waals surface area contributed by atoms with Crippen molar-refractivity contribution in [1.29, 1.82) is 0 Å². The van der Waals surface area contributed by atoms with Gasteiger partial charge in [-0.05, 0) is 68.3 Å². The standard InChI is InChI=1S/C29H34N2O3/c1-30(2)16-15-20-18-31-25-17-22(29(32)33-3)13-14-23(25)27(21-9-5-4-6-10-21)28(31)24-11-7-8-12-26(24)34-19-20/h7-8,11-15,17,21H,4-6,9-10,16,18-19H2,1-3H3/b20-15+. The number of aromatic nitrogens is 1. The molecule has 5 nitrogen and oxygen atoms in total. The third-order valence-corrected chi connectivity index (χ3v) is 7.20. The molecule has 0 radical (unpaired) electrons. The van der Waals surface area contributed by atoms with Gasteiger partial charge in [0.1, 0.15) is 12.4 Å². The molecule has 1 saturated carbocycles. The average molecular weight is 459 g/mol. The van der Waals surface area contributed by atoms with E-state index in [0.29, 0.717) is 18.1 Å². The maximum atomic E-state index is 12.4. The van der Waals surface area contributed by atoms with Gasteiger partial charge < -0.3 is 18.9 Å². The van der Waals surface area contributed by atoms with E-state index in [1.807, 2.05) is 18.2 Å². The Labute approximate surface area is 202 Å². The van der Waals surface area contributed by atoms with E-state index in [4.69, 9.17) is 9.47 Å². The number of benzene rings is 2. The molecule has 5 rings (SSSR count). The monoisotopic (exact) mass is 458 g/mol. The van der Waals surface area contributed by atoms with E-state index in [1.165, 1.54) is 61.4 Å². The van der Waals surface area contributed by atoms with E-state index in [0.717, 1.165) is 29.9 Å². The minimum Gasteiger partial charge on any atom is -0.488 e. The molecule has 2 heterocycles. The summed E-state index contributed by atoms with van der Waals surface area (Å²) in [7, 11) is 5.60. The van der Waals surface area contributed by atoms with Gasteiger partial charge in [-0.2, -0.15) is 0 Å². The summed E-state index contributed by atoms with van der Waals surface area (Å²) in [6.07, 6.45) is 8.53. The van der Waals surface area contributed by atoms with Crippen LogP contribution in [0.25, 0.3) is 22.2 Å². The van der Waals surface area contributed by atoms with Crippen molar-refractivity contribution in [1.82, 2.24) is 9.47 Å². The van der Waals surface area contributed by atoms with E-state index in [1.54, 1.807) is 0 Å². The number of carbonyl (C=O) groups excluding carboxylic acids is 1. The summed E-state index contributed by atoms with van der Waals surface area (Å²) in [4.78, 5) is 14.6. The Balaban J connectivity index is 1.79. The number of hydrogen-bond donors (Lipinski definition) is 0. The fourth-order valence-electron chi connectivity index (χ4n) is 5.52. The van der Waals surface area contributed by atoms with Crippen LogP contribution in [0.1, 0.15) is 53.9 Å². The molecule has 5 heteroatoms. The van der Waals surface area contributed by atoms with E-state index in [9.17, 15) is 4.79 Å². The van der Waals surface area contributed by atoms with Crippen LogP contribution >= 0.6 is 0 Å². The predicted octanol–water partition coefficient (Wildman–Crippen LogP) is 6.02. The molecule has 34 heavy (non-hydrogen) atoms. The molecule has 1 fully saturated rings. The van der Waals surface area contributed by atoms with Gasteiger partial charge in [0.05, 0.1) is 18.4 Å². The van der Waals surface area contributed by atoms with Gasteiger partial charge in [0.15, 0.2) is 0 Å². The predicted molar refractivity (Wildman–Crippen MR) is 137 cm³/mol. The summed E-state index contributed by atoms with van der Waals surface area (Å²) in [5, 5.41) is 1.25. The Bertz CT molecular complexity index is 1230. The van der Waals surface area contributed by atoms with Crippen molar-refractivity contribution in [2.45, 2.75) is 44.6 Å². The minimum atomic E-state index is -0.297. The van der Waals surface area contributed by atoms with Crippen molar-refractivity contribution in [3.8, 4) is 17.0 Å². The van der Waals surface area contributed by atoms with Crippen LogP contribution in [0.4, 0.5) is 0 Å². The number of methoxy groups -OCH3 is 1. The molecule has 1 aliphatic carbocycles. The van der Waals surface area contributed by atoms with E-state index < -0.39 is 0 Å². The second-order valence-corrected chi connectivity index (χ2v) is 9.82. The Morgan fingerprint density at radius 2 is 1.94 bits per heavy atom. The van der Waals surface area contributed by atoms with Gasteiger partial charge in [0.2, 0.25) is 0 Å². The highest BCUT2D eigenvalue weighted by molar-refractivity contribution is 5.99. The van der Waals surface area contributed by atoms with Crippen LogP contribution in [0.2, 0.25) is 0 Å². The second kappa shape index (κ2) is 9.67. The SMILES string of the molecule is COC(=O)c1ccc2c(C3CCCCC3)c3n(c2c1)C/C(=C\CN(C)C)COc1ccccc1-3. The van der Waals surface area contributed by atoms with E-state index in [2.05, 4.69) is 53.9 Å². The lowest BCUT2D eigenvalue weighted by atomic mass is 9.81. The van der Waals surface area contributed by atoms with Gasteiger partial charge in [-0.3, -0.25) is 0 Å². The van der Waals surface area contributed by atoms with Crippen LogP contribution in [0.3, 0.4) is 0 Å². The summed E-state index contributed by atoms with van der Waals surface area (Å²) in [6.45, 7) is 2.16. The largest absolute Gasteiger partial charge is 0.488 e. The number of para-hydroxylation sites is 1. The quantitative estimate of drug-likeness (QED) is 0.354. The fourth-order valence-corrected chi connectivity index (χ4v) is 5.52. The number of esters is 1. The zero-order valence-corrected chi connectivity index (χ0v) is 20.5. The summed E-state index contributed by atoms with van der Waals surface area (Å²) in [5.41, 5.74) is 6.73. The molecule has 2 aromatic carbocycles. The zero-order valence-electron chi connectivity index (χ0n) is 20.5. The third kappa shape index (κ3) is 4.25. The molecule has 178 valence electrons. The first kappa shape index (κ1) is 22.7. The highest BCUT2D eigenvalue weighted by atomic mass is 16.5. The number of hydrogen-bond acceptors (Lipinski definition) is 4. The molecular formula is C29H34N2O3. The number of fused-ring (bicyclic) bond motifs is 5. The van der Waals surface area contributed by atoms with Crippen molar-refractivity contribution >= 4 is 16.9 Å². The number of carbonyl (C=O) groups is 1. The Morgan fingerprint density at radius 3 is 2.71 bits per heavy atom. The molecule has 0 unspecified atom stereocenters. The van der Waals surface area contributed by atoms with Gasteiger partial charge >= 0.3 is 5.97 Å². The van der Waals surface area contributed by atoms with E-state index >= 15 is 0 Å². The summed E-state index contributed by atoms with van der Waals surface area (Å²) in [5.74, 6) is 1.14. The molecule has 3 aromatic rings. The van der Waals surface area contributed by atoms with Crippen molar-refractivity contribution in [2.24, 2.45) is 0 Å². The molecule has 0 atom stereocenters. The second-order valence-electron chi connectivity index (χ2n) is 9.82. The first-order valence-corrected chi connectivity index (χ1v) is 12.4. The van der Waals surface area contributed by atoms with Crippen LogP contribution in [0.15, 0.2) is 54.1 Å². The third-order valence-electron chi connectivity index (χ3n) is 7.20. The van der Waals surface area contributed by atoms with Crippen LogP contribution in [0.5, 0.6) is 5.75 Å². The molecule has 0 amide bonds. The normalized spacial score (nSPS) is 17.7. The Kier molecular flexibility index (Phi) is 6.46. The fraction of sp³-hybridized carbons (Fsp3) is 0.414. The molecule has 2 aliphatic rings. The lowest BCUT2D eigenvalue weighted by Crippen LogP contribution is -2.17. The van der Waals surface area contributed by atoms with E-state index in [-0.39, 0.29) is 5.97 Å². The summed E-state index contributed by atoms with van der Waals surface area (Å²) in [6, 6.07) is 14.5. The molecule has 0 spiro atoms. The number of ether oxygens (including phenoxy) is 2. The summed E-state index contributed by atoms with van der Waals surface area (Å²) < 4.78 is 13.9. The molecular weight excluding hydrogens is 424 g/mol. The van der Waals surface area contributed by atoms with Gasteiger partial charge in [-0.1, -0.05) is 43.5 Å². The molecule has 0 bridgehead atoms. The molecule has 0 N–H and O–H groups in total. The first-order valence-electron chi connectivity index (χ1n) is 12.4. The van der Waals surface area contributed by atoms with Crippen molar-refractivity contribution in [2.75, 3.05) is 34.4 Å². The Hall–Kier alpha value is -3.05. The van der Waals surface area contributed by atoms with Crippen LogP contribution in [0, 0.1) is 0 Å². The molecule has 1 aliphatic heterocycles. The lowest BCUT2D eigenvalue weighted by Gasteiger charge is -2.26. The average Bonchev–Trinajstić information content (AvgIpc) is 3.17. The molecule has 1 aromatic heterocycles. The van der Waals surface area contributed by atoms with Crippen molar-refractivity contribution < 1.29 is 14.3 Å². The van der Waals surface area contributed by atoms with Crippen LogP contribution < -0.4 is 4.74 Å². The van der Waals surface area contributed by atoms with Crippen LogP contribution in [-0.4, -0.2) is 49.8 Å². The summed E-state index contributed by atoms with van der Waals surface area (Å²) >= 11 is 0. The maximum absolute atomic E-state index is 12.4. The zero-order chi connectivity index (χ0) is 23.7. The first-order chi connectivity index (χ1) is 16.6. The van der Waals surface area contributed by atoms with Gasteiger partial charge in [-0.25, -0.2) is 4.79 Å². The maximum Gasteiger partial charge on any atom is 0.337 e. The Morgan fingerprint density at radius 1 is 1.15 bits per heavy atom. The van der Waals surface area contributed by atoms with Crippen molar-refractivity contribution in [3.05, 3.63) is 65.2 Å². The smallest absolute Gasteiger partial charge is 0.337 e. The van der Waals surface area contributed by atoms with Crippen molar-refractivity contribution in [3.63, 3.8) is 0 Å². The van der Waals surface area contributed by atoms with Crippen LogP contribution in [-0.2, 0) is 11.3 Å². The number of likely N-dealkylation sites (N-methyl/N-ethyl adjacent to an activating group) is 1. The highest BCUT2D eigenvalue weighted by Crippen LogP contribution is 2.47. The highest BCUT2D eigenvalue weighted by Gasteiger charge is 2.29. The van der Waals surface area contributed by atoms with Gasteiger partial charge in [0, 0.05) is 29.6 Å². The number of rotatable bonds is 4.